The monoisotopic (exact) mass is 426 g/mol. The van der Waals surface area contributed by atoms with Gasteiger partial charge in [-0.2, -0.15) is 0 Å². The number of carbonyl (C=O) groups is 2. The Morgan fingerprint density at radius 2 is 1.83 bits per heavy atom. The van der Waals surface area contributed by atoms with Gasteiger partial charge in [-0.1, -0.05) is 30.3 Å². The third-order valence-corrected chi connectivity index (χ3v) is 5.68. The number of likely N-dealkylation sites (tertiary alicyclic amines) is 1. The molecule has 3 rings (SSSR count). The first-order chi connectivity index (χ1) is 13.5. The van der Waals surface area contributed by atoms with E-state index in [1.165, 1.54) is 4.90 Å². The molecule has 152 valence electrons. The van der Waals surface area contributed by atoms with E-state index in [4.69, 9.17) is 9.84 Å². The van der Waals surface area contributed by atoms with Crippen LogP contribution < -0.4 is 56.5 Å². The zero-order valence-corrected chi connectivity index (χ0v) is 20.1. The number of hydrogen-bond donors (Lipinski definition) is 1. The molecule has 1 aromatic rings. The predicted octanol–water partition coefficient (Wildman–Crippen LogP) is -0.559. The number of carbonyl (C=O) groups excluding carboxylic acids is 1. The molecule has 1 aliphatic carbocycles. The second kappa shape index (κ2) is 12.0. The fourth-order valence-electron chi connectivity index (χ4n) is 3.96. The van der Waals surface area contributed by atoms with Crippen LogP contribution in [0.2, 0.25) is 0 Å². The van der Waals surface area contributed by atoms with Crippen molar-refractivity contribution in [3.63, 3.8) is 0 Å². The maximum atomic E-state index is 12.5. The normalized spacial score (nSPS) is 24.6. The van der Waals surface area contributed by atoms with Gasteiger partial charge < -0.3 is 24.8 Å². The summed E-state index contributed by atoms with van der Waals surface area (Å²) in [6.45, 7) is 1.10. The summed E-state index contributed by atoms with van der Waals surface area (Å²) in [5, 5.41) is 21.6. The smallest absolute Gasteiger partial charge is 0.861 e. The Balaban J connectivity index is 0.00000300. The molecule has 1 aliphatic heterocycles. The minimum absolute atomic E-state index is 0. The number of hydrogen-bond acceptors (Lipinski definition) is 5. The molecule has 1 heterocycles. The van der Waals surface area contributed by atoms with Gasteiger partial charge in [0, 0.05) is 13.1 Å². The second-order valence-electron chi connectivity index (χ2n) is 7.63. The van der Waals surface area contributed by atoms with Crippen molar-refractivity contribution in [2.75, 3.05) is 13.1 Å². The first-order valence-electron chi connectivity index (χ1n) is 9.96. The molecule has 1 saturated carbocycles. The van der Waals surface area contributed by atoms with Crippen molar-refractivity contribution in [2.24, 2.45) is 16.8 Å². The second-order valence-corrected chi connectivity index (χ2v) is 7.63. The molecule has 0 aromatic heterocycles. The SMILES string of the molecule is O=C(O)C1CCC(CN=C([O-])[C@@H]2CCCN2C(=O)OCc2ccccc2)CC1.[K+]. The van der Waals surface area contributed by atoms with Crippen molar-refractivity contribution < 1.29 is 75.9 Å². The first kappa shape index (κ1) is 24.3. The first-order valence-corrected chi connectivity index (χ1v) is 9.96. The van der Waals surface area contributed by atoms with E-state index >= 15 is 0 Å². The Labute approximate surface area is 213 Å². The number of carboxylic acid groups (broad SMARTS) is 1. The fourth-order valence-corrected chi connectivity index (χ4v) is 3.96. The molecule has 2 fully saturated rings. The molecule has 1 aromatic carbocycles. The van der Waals surface area contributed by atoms with Crippen LogP contribution in [0.5, 0.6) is 0 Å². The summed E-state index contributed by atoms with van der Waals surface area (Å²) in [5.74, 6) is -1.02. The quantitative estimate of drug-likeness (QED) is 0.373. The summed E-state index contributed by atoms with van der Waals surface area (Å²) in [4.78, 5) is 29.1. The van der Waals surface area contributed by atoms with Gasteiger partial charge in [-0.25, -0.2) is 4.79 Å². The summed E-state index contributed by atoms with van der Waals surface area (Å²) in [6, 6.07) is 8.89. The van der Waals surface area contributed by atoms with Crippen molar-refractivity contribution in [3.8, 4) is 0 Å². The van der Waals surface area contributed by atoms with Crippen LogP contribution in [-0.2, 0) is 16.1 Å². The molecular weight excluding hydrogens is 399 g/mol. The minimum atomic E-state index is -0.734. The van der Waals surface area contributed by atoms with Crippen LogP contribution >= 0.6 is 0 Å². The van der Waals surface area contributed by atoms with Crippen molar-refractivity contribution in [1.29, 1.82) is 0 Å². The summed E-state index contributed by atoms with van der Waals surface area (Å²) in [7, 11) is 0. The van der Waals surface area contributed by atoms with Crippen molar-refractivity contribution in [3.05, 3.63) is 35.9 Å². The summed E-state index contributed by atoms with van der Waals surface area (Å²) < 4.78 is 5.36. The van der Waals surface area contributed by atoms with Gasteiger partial charge in [0.2, 0.25) is 0 Å². The Bertz CT molecular complexity index is 704. The summed E-state index contributed by atoms with van der Waals surface area (Å²) >= 11 is 0. The number of rotatable bonds is 6. The van der Waals surface area contributed by atoms with E-state index in [2.05, 4.69) is 4.99 Å². The zero-order valence-electron chi connectivity index (χ0n) is 17.0. The molecule has 7 nitrogen and oxygen atoms in total. The van der Waals surface area contributed by atoms with E-state index in [0.29, 0.717) is 32.4 Å². The predicted molar refractivity (Wildman–Crippen MR) is 102 cm³/mol. The van der Waals surface area contributed by atoms with Gasteiger partial charge in [0.15, 0.2) is 0 Å². The van der Waals surface area contributed by atoms with Gasteiger partial charge in [0.1, 0.15) is 6.61 Å². The van der Waals surface area contributed by atoms with Gasteiger partial charge in [-0.3, -0.25) is 4.79 Å². The molecule has 0 unspecified atom stereocenters. The van der Waals surface area contributed by atoms with Gasteiger partial charge >= 0.3 is 63.4 Å². The number of ether oxygens (including phenoxy) is 1. The topological polar surface area (TPSA) is 102 Å². The fraction of sp³-hybridized carbons (Fsp3) is 0.571. The van der Waals surface area contributed by atoms with Gasteiger partial charge in [0.05, 0.1) is 12.0 Å². The summed E-state index contributed by atoms with van der Waals surface area (Å²) in [6.07, 6.45) is 3.74. The van der Waals surface area contributed by atoms with Crippen LogP contribution in [0.4, 0.5) is 4.79 Å². The van der Waals surface area contributed by atoms with E-state index < -0.39 is 18.1 Å². The van der Waals surface area contributed by atoms with E-state index in [1.54, 1.807) is 0 Å². The number of aliphatic carboxylic acids is 1. The Hall–Kier alpha value is -0.934. The van der Waals surface area contributed by atoms with E-state index in [0.717, 1.165) is 24.8 Å². The van der Waals surface area contributed by atoms with Gasteiger partial charge in [0.25, 0.3) is 0 Å². The van der Waals surface area contributed by atoms with Crippen LogP contribution in [0.25, 0.3) is 0 Å². The number of nitrogens with zero attached hydrogens (tertiary/aromatic N) is 2. The maximum Gasteiger partial charge on any atom is 1.00 e. The number of carboxylic acids is 1. The van der Waals surface area contributed by atoms with E-state index in [9.17, 15) is 14.7 Å². The molecule has 1 saturated heterocycles. The van der Waals surface area contributed by atoms with Gasteiger partial charge in [-0.05, 0) is 55.9 Å². The molecular formula is C21H27KN2O5. The van der Waals surface area contributed by atoms with Crippen molar-refractivity contribution in [1.82, 2.24) is 4.90 Å². The third kappa shape index (κ3) is 7.06. The molecule has 8 heteroatoms. The molecule has 1 amide bonds. The van der Waals surface area contributed by atoms with Crippen LogP contribution in [0.3, 0.4) is 0 Å². The van der Waals surface area contributed by atoms with Crippen LogP contribution in [-0.4, -0.2) is 47.1 Å². The van der Waals surface area contributed by atoms with Crippen LogP contribution in [0.15, 0.2) is 35.3 Å². The number of benzene rings is 1. The minimum Gasteiger partial charge on any atom is -0.861 e. The van der Waals surface area contributed by atoms with Crippen molar-refractivity contribution >= 4 is 18.0 Å². The average Bonchev–Trinajstić information content (AvgIpc) is 3.21. The van der Waals surface area contributed by atoms with Crippen LogP contribution in [0.1, 0.15) is 44.1 Å². The number of amides is 1. The molecule has 1 atom stereocenters. The molecule has 29 heavy (non-hydrogen) atoms. The zero-order chi connectivity index (χ0) is 19.9. The van der Waals surface area contributed by atoms with Crippen molar-refractivity contribution in [2.45, 2.75) is 51.2 Å². The molecule has 1 N–H and O–H groups in total. The average molecular weight is 427 g/mol. The Kier molecular flexibility index (Phi) is 10.1. The standard InChI is InChI=1S/C21H28N2O5.K/c24-19(22-13-15-8-10-17(11-9-15)20(25)26)18-7-4-12-23(18)21(27)28-14-16-5-2-1-3-6-16;/h1-3,5-6,15,17-18H,4,7-14H2,(H,22,24)(H,25,26);/q;+1/p-1/t15?,17?,18-;/m0./s1. The maximum absolute atomic E-state index is 12.5. The molecule has 2 aliphatic rings. The molecule has 0 spiro atoms. The summed E-state index contributed by atoms with van der Waals surface area (Å²) in [5.41, 5.74) is 0.902. The Morgan fingerprint density at radius 1 is 1.14 bits per heavy atom. The van der Waals surface area contributed by atoms with Gasteiger partial charge in [-0.15, -0.1) is 0 Å². The number of aliphatic imine (C=N–C) groups is 1. The Morgan fingerprint density at radius 3 is 2.48 bits per heavy atom. The van der Waals surface area contributed by atoms with E-state index in [1.807, 2.05) is 30.3 Å². The largest absolute Gasteiger partial charge is 1.00 e. The molecule has 0 bridgehead atoms. The van der Waals surface area contributed by atoms with E-state index in [-0.39, 0.29) is 75.7 Å². The van der Waals surface area contributed by atoms with Crippen LogP contribution in [0, 0.1) is 11.8 Å². The molecule has 0 radical (unpaired) electrons. The third-order valence-electron chi connectivity index (χ3n) is 5.68.